The van der Waals surface area contributed by atoms with Gasteiger partial charge in [0, 0.05) is 43.6 Å². The normalized spacial score (nSPS) is 24.3. The lowest BCUT2D eigenvalue weighted by molar-refractivity contribution is 0.0214. The van der Waals surface area contributed by atoms with E-state index < -0.39 is 11.4 Å². The van der Waals surface area contributed by atoms with E-state index in [2.05, 4.69) is 27.3 Å². The first kappa shape index (κ1) is 25.9. The van der Waals surface area contributed by atoms with E-state index in [1.54, 1.807) is 15.9 Å². The van der Waals surface area contributed by atoms with Crippen molar-refractivity contribution in [3.8, 4) is 0 Å². The maximum Gasteiger partial charge on any atom is 0.410 e. The molecule has 4 heterocycles. The van der Waals surface area contributed by atoms with Gasteiger partial charge in [-0.15, -0.1) is 0 Å². The first-order valence-corrected chi connectivity index (χ1v) is 14.0. The van der Waals surface area contributed by atoms with E-state index in [4.69, 9.17) is 9.26 Å². The number of aromatic nitrogens is 2. The number of anilines is 2. The fourth-order valence-electron chi connectivity index (χ4n) is 5.97. The zero-order valence-corrected chi connectivity index (χ0v) is 23.1. The Kier molecular flexibility index (Phi) is 6.22. The lowest BCUT2D eigenvalue weighted by Crippen LogP contribution is -2.50. The number of likely N-dealkylation sites (tertiary alicyclic amines) is 2. The largest absolute Gasteiger partial charge is 0.444 e. The summed E-state index contributed by atoms with van der Waals surface area (Å²) in [5.74, 6) is 1.37. The molecular weight excluding hydrogens is 503 g/mol. The molecule has 1 aliphatic carbocycles. The predicted molar refractivity (Wildman–Crippen MR) is 142 cm³/mol. The molecule has 10 nitrogen and oxygen atoms in total. The van der Waals surface area contributed by atoms with Crippen molar-refractivity contribution < 1.29 is 23.2 Å². The van der Waals surface area contributed by atoms with Crippen molar-refractivity contribution in [3.05, 3.63) is 35.7 Å². The van der Waals surface area contributed by atoms with Crippen LogP contribution >= 0.6 is 0 Å². The first-order valence-electron chi connectivity index (χ1n) is 14.0. The Bertz CT molecular complexity index is 1260. The van der Waals surface area contributed by atoms with Crippen molar-refractivity contribution in [1.29, 1.82) is 0 Å². The van der Waals surface area contributed by atoms with Gasteiger partial charge in [0.05, 0.1) is 11.7 Å². The van der Waals surface area contributed by atoms with Crippen LogP contribution in [-0.2, 0) is 10.2 Å². The number of nitrogens with zero attached hydrogens (tertiary/aromatic N) is 5. The van der Waals surface area contributed by atoms with Gasteiger partial charge in [0.25, 0.3) is 0 Å². The molecule has 210 valence electrons. The van der Waals surface area contributed by atoms with E-state index in [1.165, 1.54) is 6.07 Å². The Labute approximate surface area is 227 Å². The second-order valence-electron chi connectivity index (χ2n) is 12.7. The van der Waals surface area contributed by atoms with Gasteiger partial charge in [-0.1, -0.05) is 18.1 Å². The van der Waals surface area contributed by atoms with Crippen LogP contribution < -0.4 is 10.2 Å². The fraction of sp³-hybridized carbons (Fsp3) is 0.643. The molecule has 1 N–H and O–H groups in total. The van der Waals surface area contributed by atoms with Crippen molar-refractivity contribution in [2.75, 3.05) is 36.4 Å². The standard InChI is InChI=1S/C28H37FN6O4/c1-27(2,3)38-26(37)35-16-18-14-19(35)15-34(18)21-7-5-6-20(29)22(21)30-25(36)33-12-10-28(4,11-13-33)24-31-23(39-32-24)17-8-9-17/h5-7,17-19H,8-16H2,1-4H3,(H,30,36)/t18-,19-/m0/s1. The van der Waals surface area contributed by atoms with Crippen LogP contribution in [0.5, 0.6) is 0 Å². The number of para-hydroxylation sites is 1. The molecule has 2 bridgehead atoms. The lowest BCUT2D eigenvalue weighted by atomic mass is 9.80. The van der Waals surface area contributed by atoms with Crippen molar-refractivity contribution in [2.45, 2.75) is 88.8 Å². The third-order valence-electron chi connectivity index (χ3n) is 8.46. The van der Waals surface area contributed by atoms with Gasteiger partial charge in [0.2, 0.25) is 5.89 Å². The van der Waals surface area contributed by atoms with Crippen LogP contribution in [0.4, 0.5) is 25.4 Å². The number of ether oxygens (including phenoxy) is 1. The van der Waals surface area contributed by atoms with Crippen LogP contribution in [0.1, 0.15) is 77.4 Å². The minimum absolute atomic E-state index is 0.0120. The van der Waals surface area contributed by atoms with Crippen molar-refractivity contribution in [2.24, 2.45) is 0 Å². The molecule has 0 spiro atoms. The van der Waals surface area contributed by atoms with Crippen LogP contribution in [-0.4, -0.2) is 75.9 Å². The van der Waals surface area contributed by atoms with Crippen LogP contribution in [0.3, 0.4) is 0 Å². The summed E-state index contributed by atoms with van der Waals surface area (Å²) in [5, 5.41) is 7.10. The van der Waals surface area contributed by atoms with Gasteiger partial charge >= 0.3 is 12.1 Å². The summed E-state index contributed by atoms with van der Waals surface area (Å²) in [7, 11) is 0. The highest BCUT2D eigenvalue weighted by Crippen LogP contribution is 2.42. The van der Waals surface area contributed by atoms with E-state index in [9.17, 15) is 9.59 Å². The highest BCUT2D eigenvalue weighted by Gasteiger charge is 2.47. The molecule has 4 aliphatic rings. The Morgan fingerprint density at radius 1 is 1.15 bits per heavy atom. The average molecular weight is 541 g/mol. The number of piperazine rings is 1. The third-order valence-corrected chi connectivity index (χ3v) is 8.46. The molecule has 11 heteroatoms. The van der Waals surface area contributed by atoms with E-state index in [-0.39, 0.29) is 35.3 Å². The Hall–Kier alpha value is -3.37. The molecule has 2 aromatic rings. The quantitative estimate of drug-likeness (QED) is 0.590. The Balaban J connectivity index is 1.10. The minimum Gasteiger partial charge on any atom is -0.444 e. The molecule has 1 aromatic carbocycles. The zero-order chi connectivity index (χ0) is 27.5. The molecule has 0 unspecified atom stereocenters. The molecule has 0 radical (unpaired) electrons. The number of hydrogen-bond donors (Lipinski definition) is 1. The van der Waals surface area contributed by atoms with E-state index in [1.807, 2.05) is 26.8 Å². The summed E-state index contributed by atoms with van der Waals surface area (Å²) in [6.45, 7) is 9.77. The van der Waals surface area contributed by atoms with Crippen LogP contribution in [0.15, 0.2) is 22.7 Å². The van der Waals surface area contributed by atoms with Gasteiger partial charge in [0.15, 0.2) is 5.82 Å². The highest BCUT2D eigenvalue weighted by molar-refractivity contribution is 5.94. The molecule has 3 aliphatic heterocycles. The van der Waals surface area contributed by atoms with Gasteiger partial charge in [-0.2, -0.15) is 4.98 Å². The summed E-state index contributed by atoms with van der Waals surface area (Å²) >= 11 is 0. The number of carbonyl (C=O) groups is 2. The lowest BCUT2D eigenvalue weighted by Gasteiger charge is -2.38. The summed E-state index contributed by atoms with van der Waals surface area (Å²) in [6.07, 6.45) is 4.07. The predicted octanol–water partition coefficient (Wildman–Crippen LogP) is 4.87. The first-order chi connectivity index (χ1) is 18.5. The molecule has 39 heavy (non-hydrogen) atoms. The van der Waals surface area contributed by atoms with Crippen LogP contribution in [0.25, 0.3) is 0 Å². The van der Waals surface area contributed by atoms with Gasteiger partial charge in [-0.25, -0.2) is 14.0 Å². The third kappa shape index (κ3) is 5.03. The van der Waals surface area contributed by atoms with Crippen molar-refractivity contribution >= 4 is 23.5 Å². The zero-order valence-electron chi connectivity index (χ0n) is 23.1. The van der Waals surface area contributed by atoms with Crippen molar-refractivity contribution in [3.63, 3.8) is 0 Å². The maximum absolute atomic E-state index is 15.1. The van der Waals surface area contributed by atoms with Gasteiger partial charge in [-0.3, -0.25) is 0 Å². The second kappa shape index (κ2) is 9.38. The van der Waals surface area contributed by atoms with E-state index in [0.717, 1.165) is 25.2 Å². The Morgan fingerprint density at radius 2 is 1.90 bits per heavy atom. The topological polar surface area (TPSA) is 104 Å². The molecule has 6 rings (SSSR count). The fourth-order valence-corrected chi connectivity index (χ4v) is 5.97. The van der Waals surface area contributed by atoms with Gasteiger partial charge in [0.1, 0.15) is 17.1 Å². The number of carbonyl (C=O) groups excluding carboxylic acids is 2. The van der Waals surface area contributed by atoms with Crippen molar-refractivity contribution in [1.82, 2.24) is 19.9 Å². The Morgan fingerprint density at radius 3 is 2.54 bits per heavy atom. The highest BCUT2D eigenvalue weighted by atomic mass is 19.1. The number of hydrogen-bond acceptors (Lipinski definition) is 7. The number of fused-ring (bicyclic) bond motifs is 2. The maximum atomic E-state index is 15.1. The van der Waals surface area contributed by atoms with Gasteiger partial charge < -0.3 is 29.3 Å². The number of piperidine rings is 1. The minimum atomic E-state index is -0.560. The number of amides is 3. The monoisotopic (exact) mass is 540 g/mol. The molecule has 3 saturated heterocycles. The molecular formula is C28H37FN6O4. The molecule has 2 atom stereocenters. The summed E-state index contributed by atoms with van der Waals surface area (Å²) < 4.78 is 26.1. The van der Waals surface area contributed by atoms with E-state index >= 15 is 4.39 Å². The summed E-state index contributed by atoms with van der Waals surface area (Å²) in [5.41, 5.74) is 0.00132. The number of benzene rings is 1. The van der Waals surface area contributed by atoms with Crippen LogP contribution in [0, 0.1) is 5.82 Å². The van der Waals surface area contributed by atoms with Crippen LogP contribution in [0.2, 0.25) is 0 Å². The summed E-state index contributed by atoms with van der Waals surface area (Å²) in [4.78, 5) is 36.2. The molecule has 1 saturated carbocycles. The number of halogens is 1. The molecule has 3 amide bonds. The number of urea groups is 1. The SMILES string of the molecule is CC(C)(C)OC(=O)N1C[C@@H]2C[C@H]1CN2c1cccc(F)c1NC(=O)N1CCC(C)(c2noc(C3CC3)n2)CC1. The smallest absolute Gasteiger partial charge is 0.410 e. The summed E-state index contributed by atoms with van der Waals surface area (Å²) in [6, 6.07) is 4.55. The number of nitrogens with one attached hydrogen (secondary N) is 1. The average Bonchev–Trinajstić information content (AvgIpc) is 3.27. The molecule has 4 fully saturated rings. The second-order valence-corrected chi connectivity index (χ2v) is 12.7. The number of rotatable bonds is 4. The molecule has 1 aromatic heterocycles. The van der Waals surface area contributed by atoms with E-state index in [0.29, 0.717) is 56.5 Å². The van der Waals surface area contributed by atoms with Gasteiger partial charge in [-0.05, 0) is 65.0 Å².